The van der Waals surface area contributed by atoms with E-state index in [1.54, 1.807) is 19.3 Å². The minimum absolute atomic E-state index is 0.433. The van der Waals surface area contributed by atoms with E-state index in [0.717, 1.165) is 5.76 Å². The minimum atomic E-state index is 0.433. The Hall–Kier alpha value is -1.26. The maximum absolute atomic E-state index is 5.58. The van der Waals surface area contributed by atoms with E-state index in [1.807, 2.05) is 26.8 Å². The van der Waals surface area contributed by atoms with E-state index in [1.165, 1.54) is 0 Å². The molecule has 0 bridgehead atoms. The fourth-order valence-electron chi connectivity index (χ4n) is 0.882. The summed E-state index contributed by atoms with van der Waals surface area (Å²) in [7, 11) is 1.61. The van der Waals surface area contributed by atoms with Gasteiger partial charge in [0.25, 0.3) is 0 Å². The van der Waals surface area contributed by atoms with Crippen LogP contribution in [-0.4, -0.2) is 18.8 Å². The first-order valence-electron chi connectivity index (χ1n) is 5.95. The Labute approximate surface area is 127 Å². The molecule has 0 aliphatic heterocycles. The lowest BCUT2D eigenvalue weighted by Crippen LogP contribution is -2.35. The number of halogens is 1. The van der Waals surface area contributed by atoms with E-state index in [2.05, 4.69) is 23.8 Å². The van der Waals surface area contributed by atoms with Crippen LogP contribution in [0.3, 0.4) is 0 Å². The molecule has 0 aromatic carbocycles. The molecule has 0 spiro atoms. The number of methoxy groups -OCH3 is 1. The Morgan fingerprint density at radius 3 is 2.32 bits per heavy atom. The maximum Gasteiger partial charge on any atom is 0.171 e. The lowest BCUT2D eigenvalue weighted by Gasteiger charge is -2.11. The summed E-state index contributed by atoms with van der Waals surface area (Å²) >= 11 is 10.6. The standard InChI is InChI=1S/C12H17ClN2OS.C2H6/c1-5-11(16-4)8-14-12(17)15-10(3)7-6-9(2)13;1-2/h5-7H,2-3,8H2,1,4H3,(H2,14,15,17);1-2H3/b7-6-,11-5-;. The zero-order valence-corrected chi connectivity index (χ0v) is 13.6. The number of allylic oxidation sites excluding steroid dienone is 4. The quantitative estimate of drug-likeness (QED) is 0.443. The van der Waals surface area contributed by atoms with Crippen molar-refractivity contribution in [2.75, 3.05) is 13.7 Å². The summed E-state index contributed by atoms with van der Waals surface area (Å²) < 4.78 is 5.08. The molecule has 0 saturated carbocycles. The highest BCUT2D eigenvalue weighted by Crippen LogP contribution is 2.00. The monoisotopic (exact) mass is 302 g/mol. The van der Waals surface area contributed by atoms with Gasteiger partial charge in [0.05, 0.1) is 13.7 Å². The molecule has 0 rings (SSSR count). The fourth-order valence-corrected chi connectivity index (χ4v) is 1.15. The molecule has 0 atom stereocenters. The molecule has 0 saturated heterocycles. The highest BCUT2D eigenvalue weighted by atomic mass is 35.5. The zero-order valence-electron chi connectivity index (χ0n) is 12.0. The average molecular weight is 303 g/mol. The van der Waals surface area contributed by atoms with Gasteiger partial charge in [-0.05, 0) is 37.4 Å². The molecular formula is C14H23ClN2OS. The third kappa shape index (κ3) is 13.0. The third-order valence-corrected chi connectivity index (χ3v) is 2.12. The van der Waals surface area contributed by atoms with Crippen LogP contribution in [0.4, 0.5) is 0 Å². The Balaban J connectivity index is 0. The van der Waals surface area contributed by atoms with Gasteiger partial charge in [0, 0.05) is 10.7 Å². The van der Waals surface area contributed by atoms with Crippen LogP contribution in [0.5, 0.6) is 0 Å². The van der Waals surface area contributed by atoms with Gasteiger partial charge in [-0.1, -0.05) is 38.6 Å². The van der Waals surface area contributed by atoms with Gasteiger partial charge in [0.15, 0.2) is 5.11 Å². The predicted octanol–water partition coefficient (Wildman–Crippen LogP) is 3.85. The second-order valence-corrected chi connectivity index (χ2v) is 3.97. The van der Waals surface area contributed by atoms with Gasteiger partial charge >= 0.3 is 0 Å². The van der Waals surface area contributed by atoms with E-state index in [4.69, 9.17) is 28.6 Å². The van der Waals surface area contributed by atoms with Crippen LogP contribution in [0.1, 0.15) is 20.8 Å². The fraction of sp³-hybridized carbons (Fsp3) is 0.357. The SMILES string of the molecule is C=C(Cl)/C=C\C(=C)NC(=S)NC/C(=C/C)OC.CC. The first-order valence-corrected chi connectivity index (χ1v) is 6.73. The molecule has 0 radical (unpaired) electrons. The highest BCUT2D eigenvalue weighted by molar-refractivity contribution is 7.80. The molecule has 0 heterocycles. The van der Waals surface area contributed by atoms with Crippen molar-refractivity contribution in [3.8, 4) is 0 Å². The Morgan fingerprint density at radius 1 is 1.32 bits per heavy atom. The minimum Gasteiger partial charge on any atom is -0.500 e. The molecule has 0 aliphatic rings. The Kier molecular flexibility index (Phi) is 13.9. The van der Waals surface area contributed by atoms with E-state index in [0.29, 0.717) is 22.4 Å². The number of hydrogen-bond donors (Lipinski definition) is 2. The Bertz CT molecular complexity index is 362. The zero-order chi connectivity index (χ0) is 15.3. The summed E-state index contributed by atoms with van der Waals surface area (Å²) in [5, 5.41) is 6.78. The molecule has 2 N–H and O–H groups in total. The van der Waals surface area contributed by atoms with E-state index in [-0.39, 0.29) is 0 Å². The number of thiocarbonyl (C=S) groups is 1. The van der Waals surface area contributed by atoms with Crippen LogP contribution in [0, 0.1) is 0 Å². The van der Waals surface area contributed by atoms with Crippen molar-refractivity contribution in [1.82, 2.24) is 10.6 Å². The van der Waals surface area contributed by atoms with Gasteiger partial charge in [-0.15, -0.1) is 0 Å². The van der Waals surface area contributed by atoms with Crippen LogP contribution in [0.2, 0.25) is 0 Å². The van der Waals surface area contributed by atoms with E-state index < -0.39 is 0 Å². The smallest absolute Gasteiger partial charge is 0.171 e. The Morgan fingerprint density at radius 2 is 1.89 bits per heavy atom. The van der Waals surface area contributed by atoms with Crippen molar-refractivity contribution in [2.45, 2.75) is 20.8 Å². The van der Waals surface area contributed by atoms with E-state index in [9.17, 15) is 0 Å². The van der Waals surface area contributed by atoms with Crippen LogP contribution in [0.15, 0.2) is 47.9 Å². The lowest BCUT2D eigenvalue weighted by atomic mass is 10.4. The van der Waals surface area contributed by atoms with Gasteiger partial charge < -0.3 is 15.4 Å². The number of hydrogen-bond acceptors (Lipinski definition) is 2. The van der Waals surface area contributed by atoms with Crippen LogP contribution >= 0.6 is 23.8 Å². The molecule has 5 heteroatoms. The van der Waals surface area contributed by atoms with Crippen molar-refractivity contribution in [3.63, 3.8) is 0 Å². The van der Waals surface area contributed by atoms with Crippen molar-refractivity contribution in [3.05, 3.63) is 47.9 Å². The normalized spacial score (nSPS) is 10.3. The molecule has 108 valence electrons. The van der Waals surface area contributed by atoms with Gasteiger partial charge in [0.2, 0.25) is 0 Å². The van der Waals surface area contributed by atoms with E-state index >= 15 is 0 Å². The molecule has 3 nitrogen and oxygen atoms in total. The summed E-state index contributed by atoms with van der Waals surface area (Å²) in [6.07, 6.45) is 5.18. The predicted molar refractivity (Wildman–Crippen MR) is 89.1 cm³/mol. The summed E-state index contributed by atoms with van der Waals surface area (Å²) in [6, 6.07) is 0. The molecule has 0 aliphatic carbocycles. The highest BCUT2D eigenvalue weighted by Gasteiger charge is 1.98. The topological polar surface area (TPSA) is 33.3 Å². The summed E-state index contributed by atoms with van der Waals surface area (Å²) in [5.74, 6) is 0.810. The van der Waals surface area contributed by atoms with Crippen molar-refractivity contribution in [2.24, 2.45) is 0 Å². The first-order chi connectivity index (χ1) is 8.99. The second-order valence-electron chi connectivity index (χ2n) is 3.07. The van der Waals surface area contributed by atoms with Crippen molar-refractivity contribution >= 4 is 28.9 Å². The number of ether oxygens (including phenoxy) is 1. The molecule has 0 aromatic rings. The van der Waals surface area contributed by atoms with Gasteiger partial charge in [-0.3, -0.25) is 0 Å². The third-order valence-electron chi connectivity index (χ3n) is 1.75. The van der Waals surface area contributed by atoms with Gasteiger partial charge in [-0.2, -0.15) is 0 Å². The van der Waals surface area contributed by atoms with Crippen LogP contribution in [-0.2, 0) is 4.74 Å². The average Bonchev–Trinajstić information content (AvgIpc) is 2.40. The molecule has 0 unspecified atom stereocenters. The van der Waals surface area contributed by atoms with Crippen LogP contribution < -0.4 is 10.6 Å². The maximum atomic E-state index is 5.58. The first kappa shape index (κ1) is 20.1. The lowest BCUT2D eigenvalue weighted by molar-refractivity contribution is 0.283. The van der Waals surface area contributed by atoms with Crippen molar-refractivity contribution < 1.29 is 4.74 Å². The summed E-state index contributed by atoms with van der Waals surface area (Å²) in [4.78, 5) is 0. The molecular weight excluding hydrogens is 280 g/mol. The summed E-state index contributed by atoms with van der Waals surface area (Å²) in [6.45, 7) is 13.7. The molecule has 0 amide bonds. The molecule has 0 aromatic heterocycles. The second kappa shape index (κ2) is 13.2. The van der Waals surface area contributed by atoms with Crippen molar-refractivity contribution in [1.29, 1.82) is 0 Å². The van der Waals surface area contributed by atoms with Gasteiger partial charge in [-0.25, -0.2) is 0 Å². The largest absolute Gasteiger partial charge is 0.500 e. The van der Waals surface area contributed by atoms with Crippen LogP contribution in [0.25, 0.3) is 0 Å². The van der Waals surface area contributed by atoms with Gasteiger partial charge in [0.1, 0.15) is 5.76 Å². The number of nitrogens with one attached hydrogen (secondary N) is 2. The molecule has 19 heavy (non-hydrogen) atoms. The summed E-state index contributed by atoms with van der Waals surface area (Å²) in [5.41, 5.74) is 0.628. The molecule has 0 fully saturated rings. The number of rotatable bonds is 6.